The number of anilines is 6. The average molecular weight is 1650 g/mol. The number of hydrazone groups is 3. The van der Waals surface area contributed by atoms with Crippen LogP contribution in [0.5, 0.6) is 5.75 Å². The number of thiocarbonyl (C=S) groups is 1. The average Bonchev–Trinajstić information content (AvgIpc) is 0.942. The van der Waals surface area contributed by atoms with E-state index in [1.54, 1.807) is 141 Å². The van der Waals surface area contributed by atoms with E-state index >= 15 is 0 Å². The maximum absolute atomic E-state index is 12.6. The Bertz CT molecular complexity index is 5210. The van der Waals surface area contributed by atoms with Gasteiger partial charge in [0, 0.05) is 122 Å². The third-order valence-corrected chi connectivity index (χ3v) is 18.7. The van der Waals surface area contributed by atoms with Gasteiger partial charge in [0.1, 0.15) is 22.8 Å². The number of hydrogen-bond donors (Lipinski definition) is 8. The molecule has 2 aliphatic rings. The van der Waals surface area contributed by atoms with Crippen molar-refractivity contribution in [1.29, 1.82) is 0 Å². The number of halogens is 2. The van der Waals surface area contributed by atoms with Crippen LogP contribution in [0.2, 0.25) is 10.0 Å². The lowest BCUT2D eigenvalue weighted by Crippen LogP contribution is -2.34. The zero-order valence-electron chi connectivity index (χ0n) is 66.7. The minimum atomic E-state index is -0.662. The summed E-state index contributed by atoms with van der Waals surface area (Å²) in [6.07, 6.45) is 16.8. The molecule has 8 N–H and O–H groups in total. The van der Waals surface area contributed by atoms with Gasteiger partial charge in [-0.25, -0.2) is 21.1 Å². The molecule has 0 saturated carbocycles. The van der Waals surface area contributed by atoms with E-state index in [0.29, 0.717) is 66.8 Å². The largest absolute Gasteiger partial charge is 0.507 e. The number of nitrogens with one attached hydrogen (secondary N) is 7. The van der Waals surface area contributed by atoms with Crippen LogP contribution in [0, 0.1) is 19.8 Å². The molecule has 10 aromatic rings. The molecule has 0 radical (unpaired) electrons. The van der Waals surface area contributed by atoms with Crippen LogP contribution in [-0.2, 0) is 11.2 Å². The molecule has 6 amide bonds. The van der Waals surface area contributed by atoms with Crippen LogP contribution in [0.3, 0.4) is 0 Å². The van der Waals surface area contributed by atoms with E-state index in [4.69, 9.17) is 40.2 Å². The molecule has 1 atom stereocenters. The Morgan fingerprint density at radius 2 is 1.14 bits per heavy atom. The van der Waals surface area contributed by atoms with Crippen molar-refractivity contribution in [3.63, 3.8) is 0 Å². The molecule has 28 heteroatoms. The zero-order chi connectivity index (χ0) is 84.9. The maximum atomic E-state index is 12.6. The number of ether oxygens (including phenoxy) is 1. The molecular weight excluding hydrogens is 1550 g/mol. The van der Waals surface area contributed by atoms with E-state index < -0.39 is 6.09 Å². The van der Waals surface area contributed by atoms with E-state index in [9.17, 15) is 38.7 Å². The number of allylic oxidation sites excluding steroid dienone is 3. The van der Waals surface area contributed by atoms with E-state index in [0.717, 1.165) is 71.6 Å². The summed E-state index contributed by atoms with van der Waals surface area (Å²) >= 11 is 17.1. The molecule has 7 aromatic carbocycles. The molecule has 4 heterocycles. The summed E-state index contributed by atoms with van der Waals surface area (Å²) < 4.78 is 4.73. The zero-order valence-corrected chi connectivity index (χ0v) is 69.1. The Morgan fingerprint density at radius 1 is 0.593 bits per heavy atom. The Labute approximate surface area is 702 Å². The summed E-state index contributed by atoms with van der Waals surface area (Å²) in [7, 11) is 7.83. The van der Waals surface area contributed by atoms with E-state index in [1.807, 2.05) is 131 Å². The predicted molar refractivity (Wildman–Crippen MR) is 476 cm³/mol. The fourth-order valence-corrected chi connectivity index (χ4v) is 11.9. The Morgan fingerprint density at radius 3 is 1.67 bits per heavy atom. The van der Waals surface area contributed by atoms with E-state index in [1.165, 1.54) is 42.3 Å². The van der Waals surface area contributed by atoms with Crippen LogP contribution in [0.15, 0.2) is 264 Å². The fourth-order valence-electron chi connectivity index (χ4n) is 11.2. The van der Waals surface area contributed by atoms with Crippen molar-refractivity contribution in [2.75, 3.05) is 78.5 Å². The molecule has 608 valence electrons. The highest BCUT2D eigenvalue weighted by atomic mass is 35.5. The molecule has 0 spiro atoms. The molecule has 1 saturated heterocycles. The third-order valence-electron chi connectivity index (χ3n) is 17.9. The number of phenols is 1. The summed E-state index contributed by atoms with van der Waals surface area (Å²) in [4.78, 5) is 102. The first-order valence-electron chi connectivity index (χ1n) is 37.6. The van der Waals surface area contributed by atoms with Crippen LogP contribution in [0.4, 0.5) is 38.9 Å². The number of aromatic nitrogens is 3. The molecular formula is C90H94Cl2N16O9S. The summed E-state index contributed by atoms with van der Waals surface area (Å²) in [6.45, 7) is 14.1. The predicted octanol–water partition coefficient (Wildman–Crippen LogP) is 16.9. The van der Waals surface area contributed by atoms with Crippen LogP contribution in [-0.4, -0.2) is 133 Å². The van der Waals surface area contributed by atoms with Crippen molar-refractivity contribution >= 4 is 135 Å². The van der Waals surface area contributed by atoms with Crippen molar-refractivity contribution in [2.45, 2.75) is 66.2 Å². The minimum Gasteiger partial charge on any atom is -0.507 e. The second-order valence-corrected chi connectivity index (χ2v) is 28.5. The lowest BCUT2D eigenvalue weighted by Gasteiger charge is -2.20. The monoisotopic (exact) mass is 1640 g/mol. The number of amides is 6. The van der Waals surface area contributed by atoms with Gasteiger partial charge in [-0.1, -0.05) is 120 Å². The maximum Gasteiger partial charge on any atom is 0.413 e. The number of nitrogens with zero attached hydrogens (tertiary/aromatic N) is 9. The highest BCUT2D eigenvalue weighted by molar-refractivity contribution is 7.80. The molecule has 25 nitrogen and oxygen atoms in total. The number of carbonyl (C=O) groups is 7. The van der Waals surface area contributed by atoms with Crippen molar-refractivity contribution in [2.24, 2.45) is 21.2 Å². The second kappa shape index (κ2) is 46.7. The highest BCUT2D eigenvalue weighted by Gasteiger charge is 2.19. The van der Waals surface area contributed by atoms with Crippen LogP contribution < -0.4 is 52.2 Å². The number of ketones is 1. The molecule has 3 aromatic heterocycles. The van der Waals surface area contributed by atoms with Crippen molar-refractivity contribution in [3.05, 3.63) is 320 Å². The van der Waals surface area contributed by atoms with Gasteiger partial charge >= 0.3 is 6.09 Å². The van der Waals surface area contributed by atoms with Gasteiger partial charge in [-0.3, -0.25) is 49.0 Å². The quantitative estimate of drug-likeness (QED) is 0.0103. The Balaban J connectivity index is 0.000000185. The number of phenolic OH excluding ortho intramolecular Hbond substituents is 1. The summed E-state index contributed by atoms with van der Waals surface area (Å²) in [6, 6.07) is 61.0. The number of rotatable bonds is 22. The van der Waals surface area contributed by atoms with E-state index in [-0.39, 0.29) is 64.8 Å². The molecule has 12 rings (SSSR count). The number of benzene rings is 7. The molecule has 0 unspecified atom stereocenters. The number of carbonyl (C=O) groups excluding carboxylic acids is 7. The summed E-state index contributed by atoms with van der Waals surface area (Å²) in [5, 5.41) is 33.4. The number of aromatic hydroxyl groups is 1. The van der Waals surface area contributed by atoms with Crippen LogP contribution >= 0.6 is 35.4 Å². The SMILES string of the molecule is C=C(C)[C@@H]1CC=C(/C=N/NC(=O)c2ccccn2)CC1.CCOC(=O)NC(=S)Nc1ccc(CC(=O)c2cc(Cl)ccc2O)c(Cl)c1.CN(C)c1ccc(/C=N/NC(=O)c2ccccn2)cc1.Cc1ccc(C(=O)Nc2cc(NC(=O)c3cccc(N(C)C)c3)ccc2C)cc1.O=C(N/N=C/c1ccc(N2CCCC2)cc1)c1ccccn1. The second-order valence-electron chi connectivity index (χ2n) is 27.2. The number of pyridine rings is 3. The molecule has 0 bridgehead atoms. The van der Waals surface area contributed by atoms with Gasteiger partial charge in [-0.05, 0) is 239 Å². The van der Waals surface area contributed by atoms with Gasteiger partial charge < -0.3 is 40.5 Å². The first-order chi connectivity index (χ1) is 56.8. The number of hydrogen-bond acceptors (Lipinski definition) is 19. The topological polar surface area (TPSA) is 319 Å². The lowest BCUT2D eigenvalue weighted by atomic mass is 9.86. The standard InChI is InChI=1S/C24H25N3O2.C18H16Cl2N2O4S.C17H18N4O.C16H19N3O.C15H16N4O/c1-16-8-11-18(12-9-16)23(28)26-22-15-20(13-10-17(22)2)25-24(29)19-6-5-7-21(14-19)27(3)4;1-2-26-18(25)22-17(27)21-12-5-3-10(14(20)9-12)7-16(24)13-8-11(19)4-6-15(13)23;22-17(16-5-1-2-10-18-16)20-19-13-14-6-8-15(9-7-14)21-11-3-4-12-21;1-12(2)14-8-6-13(7-9-14)11-18-19-16(20)15-5-3-4-10-17-15;1-19(2)13-8-6-12(7-9-13)11-17-18-15(20)14-5-3-4-10-16-14/h5-15H,1-4H3,(H,25,29)(H,26,28);3-6,8-9,23H,2,7H2,1H3,(H2,21,22,25,27);1-2,5-10,13H,3-4,11-12H2,(H,20,22);3-6,10-11,14H,1,7-9H2,2H3,(H,19,20);3-11H,1-2H3,(H,18,20)/b;;19-13+;18-11+;17-11+/t;;;14-;/m...1./s1. The lowest BCUT2D eigenvalue weighted by molar-refractivity contribution is 0.0942. The number of aryl methyl sites for hydroxylation is 2. The first-order valence-corrected chi connectivity index (χ1v) is 38.8. The summed E-state index contributed by atoms with van der Waals surface area (Å²) in [5.41, 5.74) is 21.7. The van der Waals surface area contributed by atoms with Crippen molar-refractivity contribution in [1.82, 2.24) is 36.5 Å². The molecule has 118 heavy (non-hydrogen) atoms. The first kappa shape index (κ1) is 90.0. The molecule has 1 aliphatic carbocycles. The normalized spacial score (nSPS) is 12.5. The van der Waals surface area contributed by atoms with Crippen LogP contribution in [0.25, 0.3) is 0 Å². The third kappa shape index (κ3) is 30.0. The Kier molecular flexibility index (Phi) is 35.6. The smallest absolute Gasteiger partial charge is 0.413 e. The molecule has 1 aliphatic heterocycles. The van der Waals surface area contributed by atoms with Gasteiger partial charge in [-0.15, -0.1) is 0 Å². The van der Waals surface area contributed by atoms with Crippen molar-refractivity contribution < 1.29 is 43.4 Å². The Hall–Kier alpha value is -13.6. The van der Waals surface area contributed by atoms with Crippen molar-refractivity contribution in [3.8, 4) is 5.75 Å². The van der Waals surface area contributed by atoms with Crippen LogP contribution in [0.1, 0.15) is 136 Å². The van der Waals surface area contributed by atoms with Gasteiger partial charge in [0.25, 0.3) is 29.5 Å². The molecule has 1 fully saturated rings. The highest BCUT2D eigenvalue weighted by Crippen LogP contribution is 2.30. The van der Waals surface area contributed by atoms with Gasteiger partial charge in [0.2, 0.25) is 0 Å². The van der Waals surface area contributed by atoms with Gasteiger partial charge in [0.05, 0.1) is 30.8 Å². The summed E-state index contributed by atoms with van der Waals surface area (Å²) in [5.74, 6) is -1.21. The van der Waals surface area contributed by atoms with Gasteiger partial charge in [-0.2, -0.15) is 15.3 Å². The fraction of sp³-hybridized carbons (Fsp3) is 0.200. The number of Topliss-reactive ketones (excluding diaryl/α,β-unsaturated/α-hetero) is 1. The van der Waals surface area contributed by atoms with Gasteiger partial charge in [0.15, 0.2) is 10.9 Å². The van der Waals surface area contributed by atoms with E-state index in [2.05, 4.69) is 104 Å². The minimum absolute atomic E-state index is 0.0153. The number of alkyl carbamates (subject to hydrolysis) is 1.